The third-order valence-electron chi connectivity index (χ3n) is 4.56. The molecule has 1 fully saturated rings. The molecule has 2 aromatic carbocycles. The molecule has 30 heavy (non-hydrogen) atoms. The summed E-state index contributed by atoms with van der Waals surface area (Å²) in [5.74, 6) is -0.0875. The second kappa shape index (κ2) is 10.4. The Morgan fingerprint density at radius 2 is 1.77 bits per heavy atom. The SMILES string of the molecule is CCCCOC(=O)c1ccc(NC(=O)COc2cccc(NC(=O)C3CC3)c2)cc1. The average Bonchev–Trinajstić information content (AvgIpc) is 3.59. The molecule has 0 radical (unpaired) electrons. The Labute approximate surface area is 175 Å². The highest BCUT2D eigenvalue weighted by Crippen LogP contribution is 2.30. The Bertz CT molecular complexity index is 891. The van der Waals surface area contributed by atoms with Gasteiger partial charge in [-0.25, -0.2) is 4.79 Å². The van der Waals surface area contributed by atoms with E-state index >= 15 is 0 Å². The quantitative estimate of drug-likeness (QED) is 0.456. The summed E-state index contributed by atoms with van der Waals surface area (Å²) in [6.45, 7) is 2.25. The maximum Gasteiger partial charge on any atom is 0.338 e. The Kier molecular flexibility index (Phi) is 7.43. The normalized spacial score (nSPS) is 12.7. The van der Waals surface area contributed by atoms with Crippen LogP contribution in [-0.2, 0) is 14.3 Å². The number of carbonyl (C=O) groups is 3. The summed E-state index contributed by atoms with van der Waals surface area (Å²) < 4.78 is 10.7. The molecule has 158 valence electrons. The van der Waals surface area contributed by atoms with E-state index in [9.17, 15) is 14.4 Å². The van der Waals surface area contributed by atoms with Crippen LogP contribution >= 0.6 is 0 Å². The van der Waals surface area contributed by atoms with Crippen LogP contribution < -0.4 is 15.4 Å². The van der Waals surface area contributed by atoms with E-state index in [-0.39, 0.29) is 30.3 Å². The number of hydrogen-bond donors (Lipinski definition) is 2. The lowest BCUT2D eigenvalue weighted by Gasteiger charge is -2.10. The van der Waals surface area contributed by atoms with Gasteiger partial charge in [-0.15, -0.1) is 0 Å². The highest BCUT2D eigenvalue weighted by Gasteiger charge is 2.29. The molecular formula is C23H26N2O5. The second-order valence-corrected chi connectivity index (χ2v) is 7.20. The van der Waals surface area contributed by atoms with Gasteiger partial charge < -0.3 is 20.1 Å². The Balaban J connectivity index is 1.45. The van der Waals surface area contributed by atoms with Gasteiger partial charge in [0.15, 0.2) is 6.61 Å². The maximum atomic E-state index is 12.1. The molecule has 0 atom stereocenters. The summed E-state index contributed by atoms with van der Waals surface area (Å²) in [5.41, 5.74) is 1.63. The van der Waals surface area contributed by atoms with Gasteiger partial charge in [-0.3, -0.25) is 9.59 Å². The topological polar surface area (TPSA) is 93.7 Å². The van der Waals surface area contributed by atoms with Crippen molar-refractivity contribution >= 4 is 29.2 Å². The molecule has 0 aliphatic heterocycles. The molecule has 2 amide bonds. The number of esters is 1. The monoisotopic (exact) mass is 410 g/mol. The van der Waals surface area contributed by atoms with Crippen LogP contribution in [-0.4, -0.2) is 31.0 Å². The van der Waals surface area contributed by atoms with Crippen molar-refractivity contribution < 1.29 is 23.9 Å². The maximum absolute atomic E-state index is 12.1. The number of unbranched alkanes of at least 4 members (excludes halogenated alkanes) is 1. The van der Waals surface area contributed by atoms with Crippen LogP contribution in [0.1, 0.15) is 43.0 Å². The summed E-state index contributed by atoms with van der Waals surface area (Å²) in [6, 6.07) is 13.4. The standard InChI is InChI=1S/C23H26N2O5/c1-2-3-13-29-23(28)17-9-11-18(12-10-17)24-21(26)15-30-20-6-4-5-19(14-20)25-22(27)16-7-8-16/h4-6,9-12,14,16H,2-3,7-8,13,15H2,1H3,(H,24,26)(H,25,27). The molecule has 1 aliphatic carbocycles. The van der Waals surface area contributed by atoms with Gasteiger partial charge in [0, 0.05) is 23.4 Å². The van der Waals surface area contributed by atoms with E-state index in [1.165, 1.54) is 0 Å². The van der Waals surface area contributed by atoms with Crippen LogP contribution in [0.15, 0.2) is 48.5 Å². The summed E-state index contributed by atoms with van der Waals surface area (Å²) in [5, 5.41) is 5.56. The summed E-state index contributed by atoms with van der Waals surface area (Å²) in [6.07, 6.45) is 3.65. The molecule has 7 heteroatoms. The third kappa shape index (κ3) is 6.62. The molecule has 0 aromatic heterocycles. The predicted molar refractivity (Wildman–Crippen MR) is 114 cm³/mol. The minimum absolute atomic E-state index is 0.0163. The van der Waals surface area contributed by atoms with Crippen molar-refractivity contribution in [2.75, 3.05) is 23.8 Å². The zero-order chi connectivity index (χ0) is 21.3. The molecule has 0 saturated heterocycles. The summed E-state index contributed by atoms with van der Waals surface area (Å²) >= 11 is 0. The first kappa shape index (κ1) is 21.4. The van der Waals surface area contributed by atoms with Crippen LogP contribution in [0, 0.1) is 5.92 Å². The fraction of sp³-hybridized carbons (Fsp3) is 0.348. The lowest BCUT2D eigenvalue weighted by molar-refractivity contribution is -0.118. The van der Waals surface area contributed by atoms with Crippen LogP contribution in [0.5, 0.6) is 5.75 Å². The lowest BCUT2D eigenvalue weighted by atomic mass is 10.2. The Hall–Kier alpha value is -3.35. The van der Waals surface area contributed by atoms with Crippen molar-refractivity contribution in [1.29, 1.82) is 0 Å². The fourth-order valence-electron chi connectivity index (χ4n) is 2.68. The highest BCUT2D eigenvalue weighted by atomic mass is 16.5. The van der Waals surface area contributed by atoms with E-state index in [4.69, 9.17) is 9.47 Å². The number of hydrogen-bond acceptors (Lipinski definition) is 5. The molecule has 1 saturated carbocycles. The Morgan fingerprint density at radius 3 is 2.47 bits per heavy atom. The number of nitrogens with one attached hydrogen (secondary N) is 2. The van der Waals surface area contributed by atoms with E-state index in [1.807, 2.05) is 6.92 Å². The zero-order valence-electron chi connectivity index (χ0n) is 17.0. The van der Waals surface area contributed by atoms with Crippen molar-refractivity contribution in [3.63, 3.8) is 0 Å². The molecule has 7 nitrogen and oxygen atoms in total. The Morgan fingerprint density at radius 1 is 1.00 bits per heavy atom. The molecular weight excluding hydrogens is 384 g/mol. The van der Waals surface area contributed by atoms with Crippen LogP contribution in [0.3, 0.4) is 0 Å². The van der Waals surface area contributed by atoms with Gasteiger partial charge in [0.25, 0.3) is 5.91 Å². The number of rotatable bonds is 10. The smallest absolute Gasteiger partial charge is 0.338 e. The molecule has 0 spiro atoms. The van der Waals surface area contributed by atoms with Gasteiger partial charge in [0.2, 0.25) is 5.91 Å². The second-order valence-electron chi connectivity index (χ2n) is 7.20. The first-order valence-corrected chi connectivity index (χ1v) is 10.2. The van der Waals surface area contributed by atoms with Gasteiger partial charge in [-0.1, -0.05) is 19.4 Å². The number of anilines is 2. The molecule has 0 bridgehead atoms. The van der Waals surface area contributed by atoms with Crippen LogP contribution in [0.2, 0.25) is 0 Å². The minimum Gasteiger partial charge on any atom is -0.484 e. The van der Waals surface area contributed by atoms with Crippen LogP contribution in [0.4, 0.5) is 11.4 Å². The summed E-state index contributed by atoms with van der Waals surface area (Å²) in [4.78, 5) is 35.9. The van der Waals surface area contributed by atoms with Gasteiger partial charge >= 0.3 is 5.97 Å². The van der Waals surface area contributed by atoms with Gasteiger partial charge in [0.1, 0.15) is 5.75 Å². The third-order valence-corrected chi connectivity index (χ3v) is 4.56. The van der Waals surface area contributed by atoms with Gasteiger partial charge in [0.05, 0.1) is 12.2 Å². The number of carbonyl (C=O) groups excluding carboxylic acids is 3. The van der Waals surface area contributed by atoms with Crippen molar-refractivity contribution in [1.82, 2.24) is 0 Å². The van der Waals surface area contributed by atoms with E-state index in [0.717, 1.165) is 25.7 Å². The number of amides is 2. The fourth-order valence-corrected chi connectivity index (χ4v) is 2.68. The van der Waals surface area contributed by atoms with Crippen molar-refractivity contribution in [2.24, 2.45) is 5.92 Å². The number of benzene rings is 2. The summed E-state index contributed by atoms with van der Waals surface area (Å²) in [7, 11) is 0. The largest absolute Gasteiger partial charge is 0.484 e. The molecule has 2 aromatic rings. The van der Waals surface area contributed by atoms with E-state index in [2.05, 4.69) is 10.6 Å². The van der Waals surface area contributed by atoms with Crippen molar-refractivity contribution in [2.45, 2.75) is 32.6 Å². The number of ether oxygens (including phenoxy) is 2. The molecule has 3 rings (SSSR count). The van der Waals surface area contributed by atoms with E-state index < -0.39 is 0 Å². The van der Waals surface area contributed by atoms with Crippen molar-refractivity contribution in [3.8, 4) is 5.75 Å². The highest BCUT2D eigenvalue weighted by molar-refractivity contribution is 5.95. The van der Waals surface area contributed by atoms with Gasteiger partial charge in [-0.2, -0.15) is 0 Å². The first-order chi connectivity index (χ1) is 14.5. The van der Waals surface area contributed by atoms with Crippen molar-refractivity contribution in [3.05, 3.63) is 54.1 Å². The average molecular weight is 410 g/mol. The van der Waals surface area contributed by atoms with Crippen LogP contribution in [0.25, 0.3) is 0 Å². The lowest BCUT2D eigenvalue weighted by Crippen LogP contribution is -2.20. The zero-order valence-corrected chi connectivity index (χ0v) is 17.0. The predicted octanol–water partition coefficient (Wildman–Crippen LogP) is 4.01. The first-order valence-electron chi connectivity index (χ1n) is 10.2. The van der Waals surface area contributed by atoms with E-state index in [0.29, 0.717) is 29.3 Å². The molecule has 1 aliphatic rings. The van der Waals surface area contributed by atoms with Gasteiger partial charge in [-0.05, 0) is 55.7 Å². The molecule has 0 heterocycles. The van der Waals surface area contributed by atoms with E-state index in [1.54, 1.807) is 48.5 Å². The minimum atomic E-state index is -0.377. The molecule has 0 unspecified atom stereocenters. The molecule has 2 N–H and O–H groups in total.